The summed E-state index contributed by atoms with van der Waals surface area (Å²) >= 11 is 0. The van der Waals surface area contributed by atoms with Gasteiger partial charge in [0.15, 0.2) is 0 Å². The summed E-state index contributed by atoms with van der Waals surface area (Å²) in [5.41, 5.74) is -1.61. The van der Waals surface area contributed by atoms with Crippen LogP contribution in [0.25, 0.3) is 0 Å². The van der Waals surface area contributed by atoms with E-state index in [4.69, 9.17) is 5.84 Å². The van der Waals surface area contributed by atoms with Gasteiger partial charge in [-0.15, -0.1) is 0 Å². The molecule has 3 N–H and O–H groups in total. The molecule has 4 nitrogen and oxygen atoms in total. The fourth-order valence-corrected chi connectivity index (χ4v) is 1.72. The Morgan fingerprint density at radius 1 is 0.714 bits per heavy atom. The molecule has 0 amide bonds. The van der Waals surface area contributed by atoms with E-state index in [1.54, 1.807) is 0 Å². The molecule has 0 spiro atoms. The lowest BCUT2D eigenvalue weighted by Gasteiger charge is -2.39. The van der Waals surface area contributed by atoms with Crippen LogP contribution in [0.4, 0.5) is 63.0 Å². The summed E-state index contributed by atoms with van der Waals surface area (Å²) in [5, 5.41) is 0. The summed E-state index contributed by atoms with van der Waals surface area (Å²) in [7, 11) is 0. The summed E-state index contributed by atoms with van der Waals surface area (Å²) in [5.74, 6) is -34.0. The molecule has 1 rings (SSSR count). The van der Waals surface area contributed by atoms with Gasteiger partial charge in [-0.05, 0) is 13.0 Å². The minimum absolute atomic E-state index is 0.120. The first kappa shape index (κ1) is 24.0. The van der Waals surface area contributed by atoms with Crippen LogP contribution in [-0.2, 0) is 5.92 Å². The van der Waals surface area contributed by atoms with E-state index in [1.165, 1.54) is 5.43 Å². The van der Waals surface area contributed by atoms with Gasteiger partial charge in [0.2, 0.25) is 5.95 Å². The third kappa shape index (κ3) is 3.18. The van der Waals surface area contributed by atoms with Crippen molar-refractivity contribution in [3.63, 3.8) is 0 Å². The Hall–Kier alpha value is -2.07. The Morgan fingerprint density at radius 2 is 1.14 bits per heavy atom. The number of halogens is 13. The molecule has 0 aliphatic rings. The number of anilines is 1. The fourth-order valence-electron chi connectivity index (χ4n) is 1.72. The Bertz CT molecular complexity index is 728. The van der Waals surface area contributed by atoms with Gasteiger partial charge in [-0.3, -0.25) is 5.43 Å². The van der Waals surface area contributed by atoms with Crippen molar-refractivity contribution in [1.29, 1.82) is 0 Å². The quantitative estimate of drug-likeness (QED) is 0.393. The molecule has 0 unspecified atom stereocenters. The molecular formula is C11H7F13N4. The zero-order valence-electron chi connectivity index (χ0n) is 13.0. The van der Waals surface area contributed by atoms with Crippen molar-refractivity contribution in [1.82, 2.24) is 9.97 Å². The maximum absolute atomic E-state index is 13.9. The maximum atomic E-state index is 13.9. The van der Waals surface area contributed by atoms with E-state index in [9.17, 15) is 57.1 Å². The average Bonchev–Trinajstić information content (AvgIpc) is 2.52. The molecule has 0 saturated heterocycles. The van der Waals surface area contributed by atoms with E-state index in [0.717, 1.165) is 6.92 Å². The maximum Gasteiger partial charge on any atom is 0.460 e. The molecule has 0 fully saturated rings. The minimum Gasteiger partial charge on any atom is -0.292 e. The summed E-state index contributed by atoms with van der Waals surface area (Å²) in [4.78, 5) is 5.73. The number of nitrogen functional groups attached to an aromatic ring is 1. The number of alkyl halides is 13. The number of nitrogens with one attached hydrogen (secondary N) is 1. The van der Waals surface area contributed by atoms with Crippen molar-refractivity contribution in [3.05, 3.63) is 17.5 Å². The van der Waals surface area contributed by atoms with Gasteiger partial charge in [0.25, 0.3) is 0 Å². The number of nitrogens with two attached hydrogens (primary N) is 1. The number of hydrogen-bond acceptors (Lipinski definition) is 4. The predicted octanol–water partition coefficient (Wildman–Crippen LogP) is 4.27. The Balaban J connectivity index is 3.64. The molecule has 1 aromatic rings. The third-order valence-electron chi connectivity index (χ3n) is 3.24. The third-order valence-corrected chi connectivity index (χ3v) is 3.24. The van der Waals surface area contributed by atoms with Crippen molar-refractivity contribution < 1.29 is 57.1 Å². The Morgan fingerprint density at radius 3 is 1.54 bits per heavy atom. The molecule has 1 aromatic heterocycles. The molecule has 0 saturated carbocycles. The van der Waals surface area contributed by atoms with Gasteiger partial charge in [-0.2, -0.15) is 57.1 Å². The van der Waals surface area contributed by atoms with Gasteiger partial charge in [-0.25, -0.2) is 15.8 Å². The van der Waals surface area contributed by atoms with Crippen LogP contribution >= 0.6 is 0 Å². The molecule has 1 heterocycles. The van der Waals surface area contributed by atoms with Crippen LogP contribution < -0.4 is 11.3 Å². The SMILES string of the molecule is Cc1cc(C(F)(F)C(F)(F)C(F)(F)C(F)(F)C(F)(F)C(F)(F)F)nc(NN)n1. The zero-order chi connectivity index (χ0) is 22.6. The summed E-state index contributed by atoms with van der Waals surface area (Å²) in [6, 6.07) is -0.120. The number of aryl methyl sites for hydroxylation is 1. The second-order valence-corrected chi connectivity index (χ2v) is 5.23. The molecule has 0 aliphatic carbocycles. The van der Waals surface area contributed by atoms with Crippen molar-refractivity contribution >= 4 is 5.95 Å². The number of hydrogen-bond donors (Lipinski definition) is 2. The van der Waals surface area contributed by atoms with Crippen molar-refractivity contribution in [2.45, 2.75) is 42.7 Å². The van der Waals surface area contributed by atoms with Crippen LogP contribution in [0.2, 0.25) is 0 Å². The monoisotopic (exact) mass is 442 g/mol. The lowest BCUT2D eigenvalue weighted by molar-refractivity contribution is -0.442. The minimum atomic E-state index is -7.97. The second kappa shape index (κ2) is 6.48. The summed E-state index contributed by atoms with van der Waals surface area (Å²) < 4.78 is 170. The lowest BCUT2D eigenvalue weighted by Crippen LogP contribution is -2.69. The fraction of sp³-hybridized carbons (Fsp3) is 0.636. The number of hydrazine groups is 1. The van der Waals surface area contributed by atoms with Crippen LogP contribution in [0.3, 0.4) is 0 Å². The van der Waals surface area contributed by atoms with Crippen LogP contribution in [0.5, 0.6) is 0 Å². The second-order valence-electron chi connectivity index (χ2n) is 5.23. The highest BCUT2D eigenvalue weighted by Crippen LogP contribution is 2.61. The molecule has 17 heteroatoms. The van der Waals surface area contributed by atoms with Crippen LogP contribution in [-0.4, -0.2) is 39.8 Å². The molecule has 162 valence electrons. The first-order chi connectivity index (χ1) is 12.2. The first-order valence-electron chi connectivity index (χ1n) is 6.47. The first-order valence-corrected chi connectivity index (χ1v) is 6.47. The van der Waals surface area contributed by atoms with E-state index >= 15 is 0 Å². The van der Waals surface area contributed by atoms with Crippen LogP contribution in [0.15, 0.2) is 6.07 Å². The lowest BCUT2D eigenvalue weighted by atomic mass is 9.92. The van der Waals surface area contributed by atoms with Gasteiger partial charge in [-0.1, -0.05) is 0 Å². The molecule has 0 aliphatic heterocycles. The van der Waals surface area contributed by atoms with E-state index in [2.05, 4.69) is 9.97 Å². The Labute approximate surface area is 145 Å². The highest BCUT2D eigenvalue weighted by atomic mass is 19.4. The van der Waals surface area contributed by atoms with Crippen LogP contribution in [0.1, 0.15) is 11.4 Å². The smallest absolute Gasteiger partial charge is 0.292 e. The van der Waals surface area contributed by atoms with Gasteiger partial charge in [0.1, 0.15) is 5.69 Å². The molecule has 0 aromatic carbocycles. The number of aromatic nitrogens is 2. The van der Waals surface area contributed by atoms with Gasteiger partial charge in [0, 0.05) is 5.69 Å². The van der Waals surface area contributed by atoms with Gasteiger partial charge >= 0.3 is 35.8 Å². The standard InChI is InChI=1S/C11H7F13N4/c1-3-2-4(27-5(26-3)28-25)6(12,13)7(14,15)8(16,17)9(18,19)10(20,21)11(22,23)24/h2H,25H2,1H3,(H,26,27,28). The zero-order valence-corrected chi connectivity index (χ0v) is 13.0. The Kier molecular flexibility index (Phi) is 5.55. The van der Waals surface area contributed by atoms with E-state index in [0.29, 0.717) is 0 Å². The summed E-state index contributed by atoms with van der Waals surface area (Å²) in [6.07, 6.45) is -7.46. The summed E-state index contributed by atoms with van der Waals surface area (Å²) in [6.45, 7) is 0.810. The van der Waals surface area contributed by atoms with E-state index < -0.39 is 53.1 Å². The molecular weight excluding hydrogens is 435 g/mol. The number of rotatable bonds is 6. The topological polar surface area (TPSA) is 63.8 Å². The van der Waals surface area contributed by atoms with E-state index in [-0.39, 0.29) is 6.07 Å². The molecule has 0 atom stereocenters. The largest absolute Gasteiger partial charge is 0.460 e. The average molecular weight is 442 g/mol. The molecule has 0 radical (unpaired) electrons. The van der Waals surface area contributed by atoms with Gasteiger partial charge in [0.05, 0.1) is 0 Å². The van der Waals surface area contributed by atoms with E-state index in [1.807, 2.05) is 0 Å². The highest BCUT2D eigenvalue weighted by molar-refractivity contribution is 5.30. The highest BCUT2D eigenvalue weighted by Gasteiger charge is 2.91. The van der Waals surface area contributed by atoms with Crippen molar-refractivity contribution in [2.75, 3.05) is 5.43 Å². The molecule has 0 bridgehead atoms. The van der Waals surface area contributed by atoms with Crippen molar-refractivity contribution in [3.8, 4) is 0 Å². The predicted molar refractivity (Wildman–Crippen MR) is 64.3 cm³/mol. The molecule has 28 heavy (non-hydrogen) atoms. The normalized spacial score (nSPS) is 15.0. The van der Waals surface area contributed by atoms with Gasteiger partial charge < -0.3 is 0 Å². The van der Waals surface area contributed by atoms with Crippen molar-refractivity contribution in [2.24, 2.45) is 5.84 Å². The number of nitrogens with zero attached hydrogens (tertiary/aromatic N) is 2. The van der Waals surface area contributed by atoms with Crippen LogP contribution in [0, 0.1) is 6.92 Å².